The molecule has 0 aliphatic carbocycles. The standard InChI is InChI=1S/C8H6O4.C4H8O4/c9-7(10)5-1-2-6(4-3-5)8(11)12;5-2-1-3(6)4(7)8/h1-4H,(H,9,10)(H,11,12);3,5-6H,1-2H2,(H,7,8). The number of carboxylic acids is 3. The van der Waals surface area contributed by atoms with Crippen LogP contribution in [0.5, 0.6) is 0 Å². The Morgan fingerprint density at radius 1 is 0.900 bits per heavy atom. The molecule has 8 heteroatoms. The molecule has 1 aromatic rings. The monoisotopic (exact) mass is 286 g/mol. The SMILES string of the molecule is O=C(O)C(O)CCO.O=C(O)c1ccc(C(=O)O)cc1. The molecule has 0 saturated carbocycles. The molecule has 0 bridgehead atoms. The second-order valence-electron chi connectivity index (χ2n) is 3.55. The summed E-state index contributed by atoms with van der Waals surface area (Å²) in [7, 11) is 0. The van der Waals surface area contributed by atoms with Gasteiger partial charge in [0.15, 0.2) is 6.10 Å². The van der Waals surface area contributed by atoms with Gasteiger partial charge in [-0.25, -0.2) is 14.4 Å². The minimum Gasteiger partial charge on any atom is -0.479 e. The first-order valence-corrected chi connectivity index (χ1v) is 5.38. The van der Waals surface area contributed by atoms with Crippen molar-refractivity contribution in [2.24, 2.45) is 0 Å². The number of hydrogen-bond donors (Lipinski definition) is 5. The Hall–Kier alpha value is -2.45. The van der Waals surface area contributed by atoms with Gasteiger partial charge in [0, 0.05) is 13.0 Å². The highest BCUT2D eigenvalue weighted by molar-refractivity contribution is 5.91. The molecule has 20 heavy (non-hydrogen) atoms. The predicted molar refractivity (Wildman–Crippen MR) is 65.7 cm³/mol. The van der Waals surface area contributed by atoms with Crippen LogP contribution in [0.1, 0.15) is 27.1 Å². The summed E-state index contributed by atoms with van der Waals surface area (Å²) in [5.74, 6) is -3.42. The molecule has 0 radical (unpaired) electrons. The minimum absolute atomic E-state index is 0.0833. The highest BCUT2D eigenvalue weighted by atomic mass is 16.4. The van der Waals surface area contributed by atoms with Crippen LogP contribution in [0.2, 0.25) is 0 Å². The summed E-state index contributed by atoms with van der Waals surface area (Å²) < 4.78 is 0. The molecule has 0 aliphatic heterocycles. The molecule has 0 saturated heterocycles. The van der Waals surface area contributed by atoms with E-state index in [1.807, 2.05) is 0 Å². The number of carboxylic acid groups (broad SMARTS) is 3. The van der Waals surface area contributed by atoms with Gasteiger partial charge in [-0.1, -0.05) is 0 Å². The van der Waals surface area contributed by atoms with Crippen LogP contribution in [0.3, 0.4) is 0 Å². The summed E-state index contributed by atoms with van der Waals surface area (Å²) in [6.45, 7) is -0.298. The van der Waals surface area contributed by atoms with E-state index in [0.29, 0.717) is 0 Å². The van der Waals surface area contributed by atoms with Gasteiger partial charge < -0.3 is 25.5 Å². The van der Waals surface area contributed by atoms with Crippen LogP contribution in [0.25, 0.3) is 0 Å². The van der Waals surface area contributed by atoms with E-state index in [1.165, 1.54) is 24.3 Å². The van der Waals surface area contributed by atoms with Crippen LogP contribution >= 0.6 is 0 Å². The predicted octanol–water partition coefficient (Wildman–Crippen LogP) is -0.103. The normalized spacial score (nSPS) is 10.9. The Bertz CT molecular complexity index is 432. The number of aliphatic hydroxyl groups excluding tert-OH is 2. The molecule has 0 aromatic heterocycles. The van der Waals surface area contributed by atoms with Gasteiger partial charge in [0.1, 0.15) is 0 Å². The van der Waals surface area contributed by atoms with Gasteiger partial charge in [-0.05, 0) is 24.3 Å². The van der Waals surface area contributed by atoms with Crippen LogP contribution < -0.4 is 0 Å². The number of hydrogen-bond acceptors (Lipinski definition) is 5. The molecular formula is C12H14O8. The van der Waals surface area contributed by atoms with E-state index in [9.17, 15) is 14.4 Å². The lowest BCUT2D eigenvalue weighted by molar-refractivity contribution is -0.147. The van der Waals surface area contributed by atoms with E-state index in [4.69, 9.17) is 25.5 Å². The molecule has 0 spiro atoms. The molecule has 0 heterocycles. The van der Waals surface area contributed by atoms with Gasteiger partial charge in [-0.15, -0.1) is 0 Å². The van der Waals surface area contributed by atoms with Crippen LogP contribution in [0, 0.1) is 0 Å². The molecule has 1 aromatic carbocycles. The summed E-state index contributed by atoms with van der Waals surface area (Å²) in [5.41, 5.74) is 0.167. The van der Waals surface area contributed by atoms with E-state index >= 15 is 0 Å². The van der Waals surface area contributed by atoms with E-state index in [-0.39, 0.29) is 24.2 Å². The van der Waals surface area contributed by atoms with Crippen molar-refractivity contribution in [3.8, 4) is 0 Å². The maximum Gasteiger partial charge on any atom is 0.335 e. The average molecular weight is 286 g/mol. The molecule has 5 N–H and O–H groups in total. The van der Waals surface area contributed by atoms with Gasteiger partial charge >= 0.3 is 17.9 Å². The molecule has 8 nitrogen and oxygen atoms in total. The maximum atomic E-state index is 10.3. The molecule has 1 unspecified atom stereocenters. The number of rotatable bonds is 5. The van der Waals surface area contributed by atoms with Crippen LogP contribution in [-0.2, 0) is 4.79 Å². The van der Waals surface area contributed by atoms with Crippen molar-refractivity contribution >= 4 is 17.9 Å². The summed E-state index contributed by atoms with van der Waals surface area (Å²) >= 11 is 0. The van der Waals surface area contributed by atoms with Crippen molar-refractivity contribution in [2.45, 2.75) is 12.5 Å². The Morgan fingerprint density at radius 3 is 1.40 bits per heavy atom. The van der Waals surface area contributed by atoms with Crippen molar-refractivity contribution < 1.29 is 39.9 Å². The Morgan fingerprint density at radius 2 is 1.25 bits per heavy atom. The number of benzene rings is 1. The van der Waals surface area contributed by atoms with E-state index < -0.39 is 24.0 Å². The highest BCUT2D eigenvalue weighted by Gasteiger charge is 2.10. The lowest BCUT2D eigenvalue weighted by Gasteiger charge is -1.98. The van der Waals surface area contributed by atoms with Crippen molar-refractivity contribution in [2.75, 3.05) is 6.61 Å². The molecule has 0 amide bonds. The Balaban J connectivity index is 0.000000396. The molecule has 0 aliphatic rings. The van der Waals surface area contributed by atoms with Crippen LogP contribution in [-0.4, -0.2) is 56.2 Å². The van der Waals surface area contributed by atoms with Crippen molar-refractivity contribution in [3.05, 3.63) is 35.4 Å². The van der Waals surface area contributed by atoms with Crippen molar-refractivity contribution in [1.29, 1.82) is 0 Å². The van der Waals surface area contributed by atoms with E-state index in [1.54, 1.807) is 0 Å². The van der Waals surface area contributed by atoms with Crippen molar-refractivity contribution in [1.82, 2.24) is 0 Å². The Labute approximate surface area is 113 Å². The zero-order valence-electron chi connectivity index (χ0n) is 10.3. The number of aromatic carboxylic acids is 2. The summed E-state index contributed by atoms with van der Waals surface area (Å²) in [6.07, 6.45) is -1.52. The molecule has 1 rings (SSSR count). The summed E-state index contributed by atoms with van der Waals surface area (Å²) in [6, 6.07) is 5.02. The fourth-order valence-electron chi connectivity index (χ4n) is 1.00. The Kier molecular flexibility index (Phi) is 7.56. The number of aliphatic hydroxyl groups is 2. The van der Waals surface area contributed by atoms with Crippen LogP contribution in [0.4, 0.5) is 0 Å². The van der Waals surface area contributed by atoms with Gasteiger partial charge in [0.2, 0.25) is 0 Å². The first-order chi connectivity index (χ1) is 9.29. The molecular weight excluding hydrogens is 272 g/mol. The smallest absolute Gasteiger partial charge is 0.335 e. The third-order valence-corrected chi connectivity index (χ3v) is 2.07. The zero-order chi connectivity index (χ0) is 15.7. The summed E-state index contributed by atoms with van der Waals surface area (Å²) in [5, 5.41) is 41.3. The lowest BCUT2D eigenvalue weighted by Crippen LogP contribution is -2.20. The van der Waals surface area contributed by atoms with Crippen molar-refractivity contribution in [3.63, 3.8) is 0 Å². The molecule has 1 atom stereocenters. The van der Waals surface area contributed by atoms with E-state index in [2.05, 4.69) is 0 Å². The van der Waals surface area contributed by atoms with Gasteiger partial charge in [0.05, 0.1) is 11.1 Å². The second-order valence-corrected chi connectivity index (χ2v) is 3.55. The zero-order valence-corrected chi connectivity index (χ0v) is 10.3. The third kappa shape index (κ3) is 6.47. The maximum absolute atomic E-state index is 10.3. The average Bonchev–Trinajstić information content (AvgIpc) is 2.39. The first kappa shape index (κ1) is 17.6. The third-order valence-electron chi connectivity index (χ3n) is 2.07. The second kappa shape index (κ2) is 8.62. The highest BCUT2D eigenvalue weighted by Crippen LogP contribution is 2.03. The quantitative estimate of drug-likeness (QED) is 0.503. The number of carbonyl (C=O) groups is 3. The molecule has 0 fully saturated rings. The van der Waals surface area contributed by atoms with Crippen LogP contribution in [0.15, 0.2) is 24.3 Å². The van der Waals surface area contributed by atoms with E-state index in [0.717, 1.165) is 0 Å². The van der Waals surface area contributed by atoms with Gasteiger partial charge in [-0.2, -0.15) is 0 Å². The first-order valence-electron chi connectivity index (χ1n) is 5.38. The molecule has 110 valence electrons. The van der Waals surface area contributed by atoms with Gasteiger partial charge in [-0.3, -0.25) is 0 Å². The number of aliphatic carboxylic acids is 1. The van der Waals surface area contributed by atoms with Gasteiger partial charge in [0.25, 0.3) is 0 Å². The fourth-order valence-corrected chi connectivity index (χ4v) is 1.00. The fraction of sp³-hybridized carbons (Fsp3) is 0.250. The minimum atomic E-state index is -1.42. The largest absolute Gasteiger partial charge is 0.479 e. The summed E-state index contributed by atoms with van der Waals surface area (Å²) in [4.78, 5) is 30.4. The topological polar surface area (TPSA) is 152 Å². The lowest BCUT2D eigenvalue weighted by atomic mass is 10.1.